The van der Waals surface area contributed by atoms with Gasteiger partial charge in [-0.15, -0.1) is 0 Å². The third-order valence-corrected chi connectivity index (χ3v) is 4.74. The molecule has 1 aromatic rings. The molecule has 124 valence electrons. The van der Waals surface area contributed by atoms with Crippen LogP contribution in [-0.4, -0.2) is 41.0 Å². The Morgan fingerprint density at radius 1 is 1.42 bits per heavy atom. The van der Waals surface area contributed by atoms with Crippen molar-refractivity contribution in [3.8, 4) is 6.07 Å². The maximum absolute atomic E-state index is 12.8. The molecule has 1 aromatic carbocycles. The molecule has 0 aromatic heterocycles. The number of hydrogen-bond donors (Lipinski definition) is 1. The number of benzene rings is 1. The lowest BCUT2D eigenvalue weighted by molar-refractivity contribution is -0.125. The number of amides is 1. The first-order valence-corrected chi connectivity index (χ1v) is 8.37. The normalized spacial score (nSPS) is 20.5. The van der Waals surface area contributed by atoms with E-state index in [4.69, 9.17) is 17.5 Å². The minimum atomic E-state index is -0.337. The average molecular weight is 340 g/mol. The van der Waals surface area contributed by atoms with Gasteiger partial charge in [-0.25, -0.2) is 0 Å². The van der Waals surface area contributed by atoms with Gasteiger partial charge < -0.3 is 15.1 Å². The number of thiocarbonyl (C=S) groups is 1. The predicted octanol–water partition coefficient (Wildman–Crippen LogP) is 2.31. The molecule has 1 atom stereocenters. The Morgan fingerprint density at radius 2 is 2.12 bits per heavy atom. The molecule has 0 saturated heterocycles. The zero-order valence-electron chi connectivity index (χ0n) is 14.0. The highest BCUT2D eigenvalue weighted by molar-refractivity contribution is 7.80. The van der Waals surface area contributed by atoms with Gasteiger partial charge in [0.05, 0.1) is 23.2 Å². The van der Waals surface area contributed by atoms with Crippen LogP contribution in [0.25, 0.3) is 0 Å². The number of carbonyl (C=O) groups is 1. The average Bonchev–Trinajstić information content (AvgIpc) is 3.38. The number of nitrogens with one attached hydrogen (secondary N) is 1. The third kappa shape index (κ3) is 2.87. The van der Waals surface area contributed by atoms with Crippen LogP contribution < -0.4 is 5.32 Å². The maximum Gasteiger partial charge on any atom is 0.253 e. The molecule has 1 N–H and O–H groups in total. The Labute approximate surface area is 147 Å². The van der Waals surface area contributed by atoms with E-state index in [1.165, 1.54) is 0 Å². The summed E-state index contributed by atoms with van der Waals surface area (Å²) in [5.41, 5.74) is 3.04. The van der Waals surface area contributed by atoms with Gasteiger partial charge in [0.15, 0.2) is 5.11 Å². The highest BCUT2D eigenvalue weighted by Gasteiger charge is 2.40. The molecule has 0 spiro atoms. The summed E-state index contributed by atoms with van der Waals surface area (Å²) in [4.78, 5) is 16.5. The lowest BCUT2D eigenvalue weighted by Gasteiger charge is -2.38. The third-order valence-electron chi connectivity index (χ3n) is 4.42. The van der Waals surface area contributed by atoms with Crippen LogP contribution in [0, 0.1) is 11.3 Å². The molecule has 6 heteroatoms. The van der Waals surface area contributed by atoms with E-state index in [9.17, 15) is 4.79 Å². The Hall–Kier alpha value is -2.39. The highest BCUT2D eigenvalue weighted by Crippen LogP contribution is 2.38. The molecular weight excluding hydrogens is 320 g/mol. The molecule has 1 fully saturated rings. The number of hydrogen-bond acceptors (Lipinski definition) is 3. The Morgan fingerprint density at radius 3 is 2.71 bits per heavy atom. The zero-order valence-corrected chi connectivity index (χ0v) is 14.9. The van der Waals surface area contributed by atoms with Crippen molar-refractivity contribution in [2.75, 3.05) is 14.1 Å². The fourth-order valence-electron chi connectivity index (χ4n) is 3.09. The second kappa shape index (κ2) is 6.25. The minimum Gasteiger partial charge on any atom is -0.351 e. The molecule has 1 unspecified atom stereocenters. The second-order valence-electron chi connectivity index (χ2n) is 6.42. The lowest BCUT2D eigenvalue weighted by Crippen LogP contribution is -2.49. The summed E-state index contributed by atoms with van der Waals surface area (Å²) in [6.07, 6.45) is 2.19. The van der Waals surface area contributed by atoms with E-state index in [0.717, 1.165) is 24.1 Å². The summed E-state index contributed by atoms with van der Waals surface area (Å²) in [6, 6.07) is 9.52. The van der Waals surface area contributed by atoms with Crippen LogP contribution in [0.1, 0.15) is 36.9 Å². The molecule has 3 rings (SSSR count). The van der Waals surface area contributed by atoms with E-state index in [0.29, 0.717) is 22.3 Å². The zero-order chi connectivity index (χ0) is 17.4. The quantitative estimate of drug-likeness (QED) is 0.856. The molecule has 0 bridgehead atoms. The van der Waals surface area contributed by atoms with Gasteiger partial charge in [0.25, 0.3) is 5.91 Å². The van der Waals surface area contributed by atoms with Crippen molar-refractivity contribution < 1.29 is 4.79 Å². The Kier molecular flexibility index (Phi) is 4.29. The molecule has 24 heavy (non-hydrogen) atoms. The van der Waals surface area contributed by atoms with Gasteiger partial charge in [0, 0.05) is 25.8 Å². The van der Waals surface area contributed by atoms with Crippen LogP contribution in [-0.2, 0) is 4.79 Å². The number of allylic oxidation sites excluding steroid dienone is 1. The summed E-state index contributed by atoms with van der Waals surface area (Å²) in [5, 5.41) is 13.1. The summed E-state index contributed by atoms with van der Waals surface area (Å²) in [5.74, 6) is -0.0412. The van der Waals surface area contributed by atoms with E-state index < -0.39 is 0 Å². The fraction of sp³-hybridized carbons (Fsp3) is 0.389. The summed E-state index contributed by atoms with van der Waals surface area (Å²) < 4.78 is 0. The van der Waals surface area contributed by atoms with Gasteiger partial charge in [0.1, 0.15) is 0 Å². The summed E-state index contributed by atoms with van der Waals surface area (Å²) in [6.45, 7) is 1.96. The van der Waals surface area contributed by atoms with Crippen molar-refractivity contribution in [3.05, 3.63) is 46.7 Å². The molecular formula is C18H20N4OS. The number of nitrogens with zero attached hydrogens (tertiary/aromatic N) is 3. The fourth-order valence-corrected chi connectivity index (χ4v) is 3.49. The Bertz CT molecular complexity index is 773. The maximum atomic E-state index is 12.8. The van der Waals surface area contributed by atoms with Crippen LogP contribution in [0.15, 0.2) is 35.5 Å². The van der Waals surface area contributed by atoms with Crippen LogP contribution in [0.5, 0.6) is 0 Å². The van der Waals surface area contributed by atoms with Crippen molar-refractivity contribution in [1.29, 1.82) is 5.26 Å². The van der Waals surface area contributed by atoms with E-state index in [1.54, 1.807) is 25.1 Å². The molecule has 5 nitrogen and oxygen atoms in total. The molecule has 1 amide bonds. The summed E-state index contributed by atoms with van der Waals surface area (Å²) >= 11 is 5.55. The van der Waals surface area contributed by atoms with Crippen molar-refractivity contribution in [2.45, 2.75) is 31.8 Å². The smallest absolute Gasteiger partial charge is 0.253 e. The number of rotatable bonds is 3. The van der Waals surface area contributed by atoms with Crippen molar-refractivity contribution in [2.24, 2.45) is 0 Å². The topological polar surface area (TPSA) is 59.4 Å². The first-order chi connectivity index (χ1) is 11.4. The van der Waals surface area contributed by atoms with Gasteiger partial charge in [-0.05, 0) is 49.7 Å². The predicted molar refractivity (Wildman–Crippen MR) is 95.9 cm³/mol. The van der Waals surface area contributed by atoms with Crippen LogP contribution in [0.2, 0.25) is 0 Å². The molecule has 1 heterocycles. The monoisotopic (exact) mass is 340 g/mol. The highest BCUT2D eigenvalue weighted by atomic mass is 32.1. The molecule has 1 aliphatic heterocycles. The molecule has 0 radical (unpaired) electrons. The van der Waals surface area contributed by atoms with Gasteiger partial charge in [-0.3, -0.25) is 4.79 Å². The van der Waals surface area contributed by atoms with Gasteiger partial charge in [-0.2, -0.15) is 5.26 Å². The van der Waals surface area contributed by atoms with E-state index in [2.05, 4.69) is 16.3 Å². The van der Waals surface area contributed by atoms with Gasteiger partial charge in [-0.1, -0.05) is 12.1 Å². The first-order valence-electron chi connectivity index (χ1n) is 7.96. The van der Waals surface area contributed by atoms with Crippen molar-refractivity contribution in [1.82, 2.24) is 15.1 Å². The minimum absolute atomic E-state index is 0.0412. The van der Waals surface area contributed by atoms with Crippen molar-refractivity contribution >= 4 is 23.2 Å². The lowest BCUT2D eigenvalue weighted by atomic mass is 9.93. The molecule has 1 saturated carbocycles. The molecule has 2 aliphatic rings. The number of nitriles is 1. The second-order valence-corrected chi connectivity index (χ2v) is 6.81. The number of carbonyl (C=O) groups excluding carboxylic acids is 1. The van der Waals surface area contributed by atoms with Crippen LogP contribution in [0.3, 0.4) is 0 Å². The van der Waals surface area contributed by atoms with Gasteiger partial charge in [0.2, 0.25) is 0 Å². The van der Waals surface area contributed by atoms with E-state index in [1.807, 2.05) is 25.1 Å². The number of likely N-dealkylation sites (N-methyl/N-ethyl adjacent to an activating group) is 1. The SMILES string of the molecule is CC1=C(C(=O)N(C)C)C(c2cccc(C#N)c2)NC(=S)N1C1CC1. The first kappa shape index (κ1) is 16.5. The van der Waals surface area contributed by atoms with Crippen molar-refractivity contribution in [3.63, 3.8) is 0 Å². The summed E-state index contributed by atoms with van der Waals surface area (Å²) in [7, 11) is 3.50. The molecule has 1 aliphatic carbocycles. The Balaban J connectivity index is 2.11. The largest absolute Gasteiger partial charge is 0.351 e. The van der Waals surface area contributed by atoms with E-state index >= 15 is 0 Å². The van der Waals surface area contributed by atoms with Gasteiger partial charge >= 0.3 is 0 Å². The van der Waals surface area contributed by atoms with Crippen LogP contribution >= 0.6 is 12.2 Å². The van der Waals surface area contributed by atoms with E-state index in [-0.39, 0.29) is 11.9 Å². The standard InChI is InChI=1S/C18H20N4OS/c1-11-15(17(23)21(2)3)16(13-6-4-5-12(9-13)10-19)20-18(24)22(11)14-7-8-14/h4-6,9,14,16H,7-8H2,1-3H3,(H,20,24). The van der Waals surface area contributed by atoms with Crippen LogP contribution in [0.4, 0.5) is 0 Å².